The lowest BCUT2D eigenvalue weighted by Gasteiger charge is -2.28. The molecule has 1 fully saturated rings. The molecule has 1 N–H and O–H groups in total. The standard InChI is InChI=1S/C15H22ClNO2/c1-17(10-14-4-2-3-9-19-14)11-15(18)12-5-7-13(16)8-6-12/h5-8,14-15,18H,2-4,9-11H2,1H3. The maximum absolute atomic E-state index is 10.2. The van der Waals surface area contributed by atoms with Crippen LogP contribution in [-0.2, 0) is 4.74 Å². The molecule has 0 saturated carbocycles. The molecule has 1 heterocycles. The van der Waals surface area contributed by atoms with Gasteiger partial charge in [0.2, 0.25) is 0 Å². The SMILES string of the molecule is CN(CC1CCCCO1)CC(O)c1ccc(Cl)cc1. The van der Waals surface area contributed by atoms with Crippen molar-refractivity contribution in [3.05, 3.63) is 34.9 Å². The molecule has 0 bridgehead atoms. The molecule has 0 spiro atoms. The zero-order valence-electron chi connectivity index (χ0n) is 11.4. The Morgan fingerprint density at radius 2 is 2.11 bits per heavy atom. The van der Waals surface area contributed by atoms with Crippen LogP contribution in [0.1, 0.15) is 30.9 Å². The van der Waals surface area contributed by atoms with Crippen molar-refractivity contribution < 1.29 is 9.84 Å². The van der Waals surface area contributed by atoms with E-state index in [1.807, 2.05) is 31.3 Å². The predicted molar refractivity (Wildman–Crippen MR) is 77.5 cm³/mol. The summed E-state index contributed by atoms with van der Waals surface area (Å²) in [5.74, 6) is 0. The molecular weight excluding hydrogens is 262 g/mol. The summed E-state index contributed by atoms with van der Waals surface area (Å²) >= 11 is 5.84. The van der Waals surface area contributed by atoms with Crippen molar-refractivity contribution in [1.29, 1.82) is 0 Å². The molecule has 1 saturated heterocycles. The highest BCUT2D eigenvalue weighted by Crippen LogP contribution is 2.18. The van der Waals surface area contributed by atoms with Crippen LogP contribution >= 0.6 is 11.6 Å². The fourth-order valence-electron chi connectivity index (χ4n) is 2.46. The van der Waals surface area contributed by atoms with Gasteiger partial charge in [0.05, 0.1) is 12.2 Å². The lowest BCUT2D eigenvalue weighted by Crippen LogP contribution is -2.35. The number of hydrogen-bond donors (Lipinski definition) is 1. The molecule has 2 rings (SSSR count). The first-order valence-electron chi connectivity index (χ1n) is 6.89. The first-order chi connectivity index (χ1) is 9.15. The summed E-state index contributed by atoms with van der Waals surface area (Å²) in [6, 6.07) is 7.37. The van der Waals surface area contributed by atoms with Crippen molar-refractivity contribution in [3.8, 4) is 0 Å². The van der Waals surface area contributed by atoms with Gasteiger partial charge in [-0.25, -0.2) is 0 Å². The third-order valence-corrected chi connectivity index (χ3v) is 3.78. The van der Waals surface area contributed by atoms with Gasteiger partial charge in [-0.05, 0) is 44.0 Å². The fourth-order valence-corrected chi connectivity index (χ4v) is 2.59. The molecule has 1 aliphatic heterocycles. The number of halogens is 1. The zero-order valence-corrected chi connectivity index (χ0v) is 12.1. The van der Waals surface area contributed by atoms with Gasteiger partial charge in [0.1, 0.15) is 0 Å². The summed E-state index contributed by atoms with van der Waals surface area (Å²) in [6.07, 6.45) is 3.38. The van der Waals surface area contributed by atoms with Gasteiger partial charge in [-0.15, -0.1) is 0 Å². The molecule has 0 aromatic heterocycles. The van der Waals surface area contributed by atoms with Crippen molar-refractivity contribution in [2.75, 3.05) is 26.7 Å². The van der Waals surface area contributed by atoms with Crippen molar-refractivity contribution in [2.45, 2.75) is 31.5 Å². The Kier molecular flexibility index (Phi) is 5.64. The van der Waals surface area contributed by atoms with E-state index in [9.17, 15) is 5.11 Å². The summed E-state index contributed by atoms with van der Waals surface area (Å²) in [6.45, 7) is 2.37. The Labute approximate surface area is 120 Å². The number of hydrogen-bond acceptors (Lipinski definition) is 3. The number of aliphatic hydroxyl groups is 1. The van der Waals surface area contributed by atoms with Crippen molar-refractivity contribution in [1.82, 2.24) is 4.90 Å². The highest BCUT2D eigenvalue weighted by Gasteiger charge is 2.18. The number of ether oxygens (including phenoxy) is 1. The minimum atomic E-state index is -0.481. The van der Waals surface area contributed by atoms with Crippen LogP contribution in [0.25, 0.3) is 0 Å². The molecule has 0 amide bonds. The quantitative estimate of drug-likeness (QED) is 0.902. The number of aliphatic hydroxyl groups excluding tert-OH is 1. The topological polar surface area (TPSA) is 32.7 Å². The number of likely N-dealkylation sites (N-methyl/N-ethyl adjacent to an activating group) is 1. The van der Waals surface area contributed by atoms with Crippen molar-refractivity contribution >= 4 is 11.6 Å². The molecule has 0 radical (unpaired) electrons. The first-order valence-corrected chi connectivity index (χ1v) is 7.26. The summed E-state index contributed by atoms with van der Waals surface area (Å²) < 4.78 is 5.71. The van der Waals surface area contributed by atoms with Crippen LogP contribution in [0.15, 0.2) is 24.3 Å². The van der Waals surface area contributed by atoms with Gasteiger partial charge in [-0.2, -0.15) is 0 Å². The third kappa shape index (κ3) is 4.77. The molecule has 19 heavy (non-hydrogen) atoms. The van der Waals surface area contributed by atoms with Crippen molar-refractivity contribution in [3.63, 3.8) is 0 Å². The van der Waals surface area contributed by atoms with Crippen LogP contribution in [0.4, 0.5) is 0 Å². The lowest BCUT2D eigenvalue weighted by molar-refractivity contribution is -0.00795. The van der Waals surface area contributed by atoms with Crippen molar-refractivity contribution in [2.24, 2.45) is 0 Å². The average molecular weight is 284 g/mol. The molecule has 3 nitrogen and oxygen atoms in total. The van der Waals surface area contributed by atoms with Crippen LogP contribution < -0.4 is 0 Å². The maximum atomic E-state index is 10.2. The molecule has 106 valence electrons. The normalized spacial score (nSPS) is 21.6. The van der Waals surface area contributed by atoms with Crippen LogP contribution in [0.2, 0.25) is 5.02 Å². The van der Waals surface area contributed by atoms with Gasteiger partial charge >= 0.3 is 0 Å². The van der Waals surface area contributed by atoms with E-state index in [2.05, 4.69) is 4.90 Å². The third-order valence-electron chi connectivity index (χ3n) is 3.53. The van der Waals surface area contributed by atoms with Gasteiger partial charge in [0.15, 0.2) is 0 Å². The summed E-state index contributed by atoms with van der Waals surface area (Å²) in [5.41, 5.74) is 0.904. The molecular formula is C15H22ClNO2. The molecule has 0 aliphatic carbocycles. The maximum Gasteiger partial charge on any atom is 0.0916 e. The molecule has 1 aromatic carbocycles. The summed E-state index contributed by atoms with van der Waals surface area (Å²) in [7, 11) is 2.02. The van der Waals surface area contributed by atoms with Crippen LogP contribution in [0.5, 0.6) is 0 Å². The van der Waals surface area contributed by atoms with Crippen LogP contribution in [0, 0.1) is 0 Å². The fraction of sp³-hybridized carbons (Fsp3) is 0.600. The van der Waals surface area contributed by atoms with Gasteiger partial charge in [0.25, 0.3) is 0 Å². The highest BCUT2D eigenvalue weighted by atomic mass is 35.5. The molecule has 2 atom stereocenters. The van der Waals surface area contributed by atoms with E-state index < -0.39 is 6.10 Å². The molecule has 2 unspecified atom stereocenters. The monoisotopic (exact) mass is 283 g/mol. The van der Waals surface area contributed by atoms with E-state index in [1.54, 1.807) is 0 Å². The Morgan fingerprint density at radius 3 is 2.74 bits per heavy atom. The number of rotatable bonds is 5. The molecule has 1 aliphatic rings. The van der Waals surface area contributed by atoms with Gasteiger partial charge in [-0.1, -0.05) is 23.7 Å². The molecule has 4 heteroatoms. The number of benzene rings is 1. The second kappa shape index (κ2) is 7.25. The van der Waals surface area contributed by atoms with Crippen LogP contribution in [-0.4, -0.2) is 42.9 Å². The Balaban J connectivity index is 1.80. The van der Waals surface area contributed by atoms with Gasteiger partial charge < -0.3 is 14.7 Å². The Morgan fingerprint density at radius 1 is 1.37 bits per heavy atom. The minimum absolute atomic E-state index is 0.316. The lowest BCUT2D eigenvalue weighted by atomic mass is 10.1. The second-order valence-electron chi connectivity index (χ2n) is 5.28. The van der Waals surface area contributed by atoms with Gasteiger partial charge in [-0.3, -0.25) is 0 Å². The largest absolute Gasteiger partial charge is 0.387 e. The van der Waals surface area contributed by atoms with E-state index in [4.69, 9.17) is 16.3 Å². The zero-order chi connectivity index (χ0) is 13.7. The smallest absolute Gasteiger partial charge is 0.0916 e. The van der Waals surface area contributed by atoms with E-state index >= 15 is 0 Å². The summed E-state index contributed by atoms with van der Waals surface area (Å²) in [5, 5.41) is 10.9. The van der Waals surface area contributed by atoms with E-state index in [1.165, 1.54) is 12.8 Å². The number of nitrogens with zero attached hydrogens (tertiary/aromatic N) is 1. The van der Waals surface area contributed by atoms with Gasteiger partial charge in [0, 0.05) is 24.7 Å². The van der Waals surface area contributed by atoms with E-state index in [0.29, 0.717) is 17.7 Å². The van der Waals surface area contributed by atoms with E-state index in [-0.39, 0.29) is 0 Å². The Hall–Kier alpha value is -0.610. The predicted octanol–water partition coefficient (Wildman–Crippen LogP) is 2.87. The summed E-state index contributed by atoms with van der Waals surface area (Å²) in [4.78, 5) is 2.13. The molecule has 1 aromatic rings. The average Bonchev–Trinajstić information content (AvgIpc) is 2.40. The van der Waals surface area contributed by atoms with E-state index in [0.717, 1.165) is 25.1 Å². The minimum Gasteiger partial charge on any atom is -0.387 e. The first kappa shape index (κ1) is 14.8. The second-order valence-corrected chi connectivity index (χ2v) is 5.71. The van der Waals surface area contributed by atoms with Crippen LogP contribution in [0.3, 0.4) is 0 Å². The highest BCUT2D eigenvalue weighted by molar-refractivity contribution is 6.30. The Bertz CT molecular complexity index is 376.